The maximum atomic E-state index is 13.6. The summed E-state index contributed by atoms with van der Waals surface area (Å²) in [4.78, 5) is 9.89. The van der Waals surface area contributed by atoms with Gasteiger partial charge in [0.2, 0.25) is 0 Å². The molecule has 8 aromatic carbocycles. The van der Waals surface area contributed by atoms with Crippen LogP contribution < -0.4 is 4.40 Å². The monoisotopic (exact) mass is 1130 g/mol. The van der Waals surface area contributed by atoms with Crippen LogP contribution >= 0.6 is 11.3 Å². The zero-order chi connectivity index (χ0) is 46.6. The molecule has 0 amide bonds. The fourth-order valence-electron chi connectivity index (χ4n) is 9.21. The fraction of sp³-hybridized carbons (Fsp3) is 0.133. The molecule has 0 spiro atoms. The Bertz CT molecular complexity index is 3610. The average Bonchev–Trinajstić information content (AvgIpc) is 3.91. The molecular formula is C60H50FGeIrN3S-2. The number of nitrogens with zero attached hydrogens (tertiary/aromatic N) is 3. The second kappa shape index (κ2) is 18.9. The normalized spacial score (nSPS) is 12.0. The summed E-state index contributed by atoms with van der Waals surface area (Å²) in [5, 5.41) is 4.80. The van der Waals surface area contributed by atoms with Crippen molar-refractivity contribution < 1.29 is 25.9 Å². The number of para-hydroxylation sites is 2. The zero-order valence-electron chi connectivity index (χ0n) is 39.6. The summed E-state index contributed by atoms with van der Waals surface area (Å²) < 4.78 is 28.1. The summed E-state index contributed by atoms with van der Waals surface area (Å²) in [6, 6.07) is 62.2. The van der Waals surface area contributed by atoms with Gasteiger partial charge in [0.25, 0.3) is 0 Å². The number of rotatable bonds is 7. The molecule has 67 heavy (non-hydrogen) atoms. The Morgan fingerprint density at radius 1 is 0.657 bits per heavy atom. The van der Waals surface area contributed by atoms with E-state index in [1.165, 1.54) is 64.3 Å². The van der Waals surface area contributed by atoms with E-state index in [9.17, 15) is 4.39 Å². The molecule has 0 aliphatic heterocycles. The molecule has 0 unspecified atom stereocenters. The van der Waals surface area contributed by atoms with Crippen LogP contribution in [0.25, 0.3) is 92.6 Å². The van der Waals surface area contributed by atoms with E-state index in [-0.39, 0.29) is 25.9 Å². The minimum absolute atomic E-state index is 0. The van der Waals surface area contributed by atoms with Crippen molar-refractivity contribution in [3.8, 4) is 50.6 Å². The van der Waals surface area contributed by atoms with E-state index in [1.54, 1.807) is 11.3 Å². The molecule has 3 nitrogen and oxygen atoms in total. The molecule has 11 rings (SSSR count). The predicted molar refractivity (Wildman–Crippen MR) is 282 cm³/mol. The second-order valence-corrected chi connectivity index (χ2v) is 29.9. The van der Waals surface area contributed by atoms with Crippen molar-refractivity contribution in [1.29, 1.82) is 0 Å². The van der Waals surface area contributed by atoms with Crippen LogP contribution in [-0.4, -0.2) is 27.8 Å². The summed E-state index contributed by atoms with van der Waals surface area (Å²) in [6.07, 6.45) is 2.00. The van der Waals surface area contributed by atoms with E-state index in [0.717, 1.165) is 61.4 Å². The molecular weight excluding hydrogens is 1080 g/mol. The van der Waals surface area contributed by atoms with E-state index in [1.807, 2.05) is 62.5 Å². The second-order valence-electron chi connectivity index (χ2n) is 18.3. The van der Waals surface area contributed by atoms with Gasteiger partial charge >= 0.3 is 120 Å². The van der Waals surface area contributed by atoms with Crippen molar-refractivity contribution in [2.75, 3.05) is 0 Å². The molecule has 0 bridgehead atoms. The molecule has 0 aliphatic rings. The van der Waals surface area contributed by atoms with Gasteiger partial charge in [0, 0.05) is 30.5 Å². The zero-order valence-corrected chi connectivity index (χ0v) is 43.9. The van der Waals surface area contributed by atoms with Crippen molar-refractivity contribution in [1.82, 2.24) is 14.5 Å². The van der Waals surface area contributed by atoms with Gasteiger partial charge in [0.15, 0.2) is 0 Å². The molecule has 3 heterocycles. The van der Waals surface area contributed by atoms with E-state index in [2.05, 4.69) is 162 Å². The first-order valence-corrected chi connectivity index (χ1v) is 30.6. The van der Waals surface area contributed by atoms with Crippen LogP contribution in [0.5, 0.6) is 0 Å². The SMILES string of the molecule is Cc1cc(-c2ccccc2)cc(C)c1-n1c(-c2[c-]ccc3c2sc2c4ccc(-c5ccc(F)cc5)cc4ccc32)nc2ccccc21.[2H]C(C)(C)c1cc(-c2[c-]cccc2)nc[c]1[Ge]([CH3])([CH3])[CH3].[Ir]. The molecule has 0 fully saturated rings. The van der Waals surface area contributed by atoms with Gasteiger partial charge in [0.1, 0.15) is 5.82 Å². The number of hydrogen-bond acceptors (Lipinski definition) is 3. The first kappa shape index (κ1) is 44.8. The van der Waals surface area contributed by atoms with Crippen LogP contribution in [0, 0.1) is 31.8 Å². The number of halogens is 1. The maximum Gasteiger partial charge on any atom is 0 e. The predicted octanol–water partition coefficient (Wildman–Crippen LogP) is 16.3. The molecule has 1 radical (unpaired) electrons. The Morgan fingerprint density at radius 2 is 1.33 bits per heavy atom. The molecule has 0 atom stereocenters. The van der Waals surface area contributed by atoms with Gasteiger partial charge in [0.05, 0.1) is 16.9 Å². The summed E-state index contributed by atoms with van der Waals surface area (Å²) in [6.45, 7) is 8.31. The summed E-state index contributed by atoms with van der Waals surface area (Å²) >= 11 is -0.222. The quantitative estimate of drug-likeness (QED) is 0.118. The third-order valence-corrected chi connectivity index (χ3v) is 17.9. The van der Waals surface area contributed by atoms with Gasteiger partial charge in [-0.05, 0) is 111 Å². The Morgan fingerprint density at radius 3 is 2.04 bits per heavy atom. The van der Waals surface area contributed by atoms with Crippen molar-refractivity contribution in [2.45, 2.75) is 50.9 Å². The van der Waals surface area contributed by atoms with Gasteiger partial charge in [-0.1, -0.05) is 89.8 Å². The molecule has 333 valence electrons. The minimum atomic E-state index is -2.03. The third-order valence-electron chi connectivity index (χ3n) is 12.4. The average molecular weight is 1130 g/mol. The Balaban J connectivity index is 0.000000232. The summed E-state index contributed by atoms with van der Waals surface area (Å²) in [7, 11) is 0. The molecule has 7 heteroatoms. The molecule has 11 aromatic rings. The standard InChI is InChI=1S/C43H28FN2S.C17H22GeN.Ir/c1-26-23-32(28-9-4-3-5-10-28)24-27(2)40(26)46-39-14-7-6-13-38(39)45-43(46)37-12-8-11-35-36-22-18-31-25-30(29-15-19-33(44)20-16-29)17-21-34(31)41(36)47-42(35)37;1-13(2)15-11-17(14-9-7-6-8-10-14)19-12-16(15)18(3,4)5;/h3-11,13-25H,1-2H3;6-9,11-13H,1-5H3;/q2*-1;/i;13D;. The van der Waals surface area contributed by atoms with E-state index in [4.69, 9.17) is 6.35 Å². The fourth-order valence-corrected chi connectivity index (χ4v) is 13.9. The number of pyridine rings is 1. The first-order chi connectivity index (χ1) is 32.2. The molecule has 3 aromatic heterocycles. The number of thiophene rings is 1. The van der Waals surface area contributed by atoms with Gasteiger partial charge in [-0.3, -0.25) is 4.98 Å². The van der Waals surface area contributed by atoms with Crippen molar-refractivity contribution >= 4 is 71.0 Å². The van der Waals surface area contributed by atoms with Gasteiger partial charge in [-0.25, -0.2) is 4.39 Å². The van der Waals surface area contributed by atoms with Gasteiger partial charge < -0.3 is 4.57 Å². The van der Waals surface area contributed by atoms with Crippen LogP contribution in [0.1, 0.15) is 37.8 Å². The van der Waals surface area contributed by atoms with Crippen LogP contribution in [-0.2, 0) is 20.1 Å². The molecule has 0 aliphatic carbocycles. The van der Waals surface area contributed by atoms with Gasteiger partial charge in [-0.15, -0.1) is 18.2 Å². The largest absolute Gasteiger partial charge is 0 e. The van der Waals surface area contributed by atoms with Crippen LogP contribution in [0.2, 0.25) is 17.3 Å². The molecule has 0 saturated carbocycles. The van der Waals surface area contributed by atoms with Crippen molar-refractivity contribution in [3.63, 3.8) is 0 Å². The first-order valence-electron chi connectivity index (χ1n) is 22.9. The summed E-state index contributed by atoms with van der Waals surface area (Å²) in [5.74, 6) is 7.12. The molecule has 0 N–H and O–H groups in total. The van der Waals surface area contributed by atoms with Crippen LogP contribution in [0.4, 0.5) is 4.39 Å². The number of fused-ring (bicyclic) bond motifs is 6. The van der Waals surface area contributed by atoms with E-state index >= 15 is 0 Å². The van der Waals surface area contributed by atoms with Crippen LogP contribution in [0.3, 0.4) is 0 Å². The third kappa shape index (κ3) is 8.96. The number of aromatic nitrogens is 3. The maximum absolute atomic E-state index is 13.6. The van der Waals surface area contributed by atoms with E-state index < -0.39 is 19.2 Å². The van der Waals surface area contributed by atoms with Crippen molar-refractivity contribution in [3.05, 3.63) is 205 Å². The number of benzene rings is 8. The Hall–Kier alpha value is -6.02. The number of aryl methyl sites for hydroxylation is 2. The molecule has 0 saturated heterocycles. The van der Waals surface area contributed by atoms with Crippen molar-refractivity contribution in [2.24, 2.45) is 0 Å². The number of imidazole rings is 1. The van der Waals surface area contributed by atoms with Crippen LogP contribution in [0.15, 0.2) is 170 Å². The smallest absolute Gasteiger partial charge is 0 e. The minimum Gasteiger partial charge on any atom is 0 e. The van der Waals surface area contributed by atoms with Gasteiger partial charge in [-0.2, -0.15) is 11.3 Å². The number of hydrogen-bond donors (Lipinski definition) is 0. The van der Waals surface area contributed by atoms with E-state index in [0.29, 0.717) is 0 Å². The Kier molecular flexibility index (Phi) is 12.7. The topological polar surface area (TPSA) is 30.7 Å². The Labute approximate surface area is 414 Å². The summed E-state index contributed by atoms with van der Waals surface area (Å²) in [5.41, 5.74) is 14.1.